The number of hydrogen-bond donors (Lipinski definition) is 0. The summed E-state index contributed by atoms with van der Waals surface area (Å²) in [6.45, 7) is 6.40. The van der Waals surface area contributed by atoms with Crippen LogP contribution in [0.5, 0.6) is 0 Å². The zero-order valence-corrected chi connectivity index (χ0v) is 41.5. The Morgan fingerprint density at radius 3 is 1.08 bits per heavy atom. The lowest BCUT2D eigenvalue weighted by Crippen LogP contribution is -2.30. The van der Waals surface area contributed by atoms with Crippen molar-refractivity contribution in [2.24, 2.45) is 0 Å². The van der Waals surface area contributed by atoms with Crippen molar-refractivity contribution in [3.63, 3.8) is 0 Å². The number of carbonyl (C=O) groups excluding carboxylic acids is 3. The van der Waals surface area contributed by atoms with Crippen LogP contribution in [0.2, 0.25) is 0 Å². The van der Waals surface area contributed by atoms with Gasteiger partial charge in [0.2, 0.25) is 0 Å². The first-order chi connectivity index (χ1) is 31.5. The third-order valence-electron chi connectivity index (χ3n) is 11.0. The average molecular weight is 889 g/mol. The van der Waals surface area contributed by atoms with Crippen LogP contribution in [-0.4, -0.2) is 37.2 Å². The van der Waals surface area contributed by atoms with E-state index in [1.807, 2.05) is 72.9 Å². The quantitative estimate of drug-likeness (QED) is 0.0199. The Morgan fingerprint density at radius 2 is 0.641 bits per heavy atom. The Balaban J connectivity index is 4.43. The molecule has 0 aliphatic carbocycles. The molecule has 0 saturated carbocycles. The van der Waals surface area contributed by atoms with Gasteiger partial charge in [-0.15, -0.1) is 0 Å². The maximum Gasteiger partial charge on any atom is 0.306 e. The van der Waals surface area contributed by atoms with E-state index in [1.165, 1.54) is 122 Å². The molecule has 0 aromatic rings. The van der Waals surface area contributed by atoms with Gasteiger partial charge in [-0.3, -0.25) is 14.4 Å². The van der Waals surface area contributed by atoms with Crippen molar-refractivity contribution in [1.29, 1.82) is 0 Å². The van der Waals surface area contributed by atoms with E-state index in [0.29, 0.717) is 25.7 Å². The van der Waals surface area contributed by atoms with E-state index in [-0.39, 0.29) is 31.1 Å². The number of allylic oxidation sites excluding steroid dienone is 16. The van der Waals surface area contributed by atoms with Crippen molar-refractivity contribution in [3.8, 4) is 0 Å². The predicted octanol–water partition coefficient (Wildman–Crippen LogP) is 17.4. The molecule has 0 aromatic heterocycles. The molecule has 0 bridgehead atoms. The van der Waals surface area contributed by atoms with Gasteiger partial charge < -0.3 is 14.2 Å². The third kappa shape index (κ3) is 49.3. The predicted molar refractivity (Wildman–Crippen MR) is 274 cm³/mol. The minimum atomic E-state index is -0.805. The molecular formula is C58H96O6. The van der Waals surface area contributed by atoms with Gasteiger partial charge in [-0.2, -0.15) is 0 Å². The van der Waals surface area contributed by atoms with Gasteiger partial charge in [0.05, 0.1) is 0 Å². The summed E-state index contributed by atoms with van der Waals surface area (Å²) in [5, 5.41) is 0. The number of carbonyl (C=O) groups is 3. The van der Waals surface area contributed by atoms with Crippen molar-refractivity contribution < 1.29 is 28.6 Å². The lowest BCUT2D eigenvalue weighted by atomic mass is 10.0. The molecule has 0 aliphatic heterocycles. The molecule has 1 atom stereocenters. The van der Waals surface area contributed by atoms with Gasteiger partial charge in [0.15, 0.2) is 6.10 Å². The SMILES string of the molecule is CC\C=C/C=C\C=C/C=C\C=C\C=C/C=C\CCCCCC(=O)OCC(COC(=O)CCC/C=C\CCCCCC)OC(=O)CCCCCCCCCCCCCCCCCCCC. The first-order valence-corrected chi connectivity index (χ1v) is 26.3. The maximum absolute atomic E-state index is 12.8. The van der Waals surface area contributed by atoms with E-state index in [1.54, 1.807) is 0 Å². The Labute approximate surface area is 394 Å². The van der Waals surface area contributed by atoms with Crippen LogP contribution in [0.1, 0.15) is 233 Å². The molecule has 1 unspecified atom stereocenters. The smallest absolute Gasteiger partial charge is 0.306 e. The summed E-state index contributed by atoms with van der Waals surface area (Å²) in [5.41, 5.74) is 0. The molecule has 0 rings (SSSR count). The van der Waals surface area contributed by atoms with Crippen LogP contribution in [0.15, 0.2) is 97.2 Å². The van der Waals surface area contributed by atoms with Crippen molar-refractivity contribution >= 4 is 17.9 Å². The van der Waals surface area contributed by atoms with Gasteiger partial charge >= 0.3 is 17.9 Å². The molecule has 364 valence electrons. The minimum absolute atomic E-state index is 0.107. The lowest BCUT2D eigenvalue weighted by molar-refractivity contribution is -0.167. The summed E-state index contributed by atoms with van der Waals surface area (Å²) in [4.78, 5) is 37.9. The molecule has 0 spiro atoms. The summed E-state index contributed by atoms with van der Waals surface area (Å²) >= 11 is 0. The van der Waals surface area contributed by atoms with Crippen LogP contribution < -0.4 is 0 Å². The van der Waals surface area contributed by atoms with Gasteiger partial charge in [0, 0.05) is 19.3 Å². The van der Waals surface area contributed by atoms with Crippen LogP contribution in [0.25, 0.3) is 0 Å². The first-order valence-electron chi connectivity index (χ1n) is 26.3. The summed E-state index contributed by atoms with van der Waals surface area (Å²) in [6.07, 6.45) is 68.3. The largest absolute Gasteiger partial charge is 0.462 e. The molecule has 6 nitrogen and oxygen atoms in total. The monoisotopic (exact) mass is 889 g/mol. The molecule has 0 N–H and O–H groups in total. The first kappa shape index (κ1) is 60.3. The summed E-state index contributed by atoms with van der Waals surface area (Å²) in [6, 6.07) is 0. The molecule has 0 radical (unpaired) electrons. The molecule has 0 aliphatic rings. The fourth-order valence-electron chi connectivity index (χ4n) is 7.08. The molecular weight excluding hydrogens is 793 g/mol. The second kappa shape index (κ2) is 52.0. The molecule has 0 saturated heterocycles. The summed E-state index contributed by atoms with van der Waals surface area (Å²) in [5.74, 6) is -0.984. The zero-order valence-electron chi connectivity index (χ0n) is 41.5. The molecule has 0 heterocycles. The van der Waals surface area contributed by atoms with Crippen LogP contribution >= 0.6 is 0 Å². The van der Waals surface area contributed by atoms with Crippen LogP contribution in [0.4, 0.5) is 0 Å². The van der Waals surface area contributed by atoms with E-state index in [0.717, 1.165) is 64.2 Å². The molecule has 64 heavy (non-hydrogen) atoms. The Hall–Kier alpha value is -3.67. The highest BCUT2D eigenvalue weighted by Gasteiger charge is 2.19. The fourth-order valence-corrected chi connectivity index (χ4v) is 7.08. The highest BCUT2D eigenvalue weighted by Crippen LogP contribution is 2.15. The van der Waals surface area contributed by atoms with E-state index >= 15 is 0 Å². The number of rotatable bonds is 46. The van der Waals surface area contributed by atoms with Gasteiger partial charge in [-0.25, -0.2) is 0 Å². The second-order valence-electron chi connectivity index (χ2n) is 17.2. The van der Waals surface area contributed by atoms with Crippen molar-refractivity contribution in [2.45, 2.75) is 239 Å². The second-order valence-corrected chi connectivity index (χ2v) is 17.2. The van der Waals surface area contributed by atoms with E-state index in [4.69, 9.17) is 14.2 Å². The van der Waals surface area contributed by atoms with E-state index in [9.17, 15) is 14.4 Å². The third-order valence-corrected chi connectivity index (χ3v) is 11.0. The maximum atomic E-state index is 12.8. The number of hydrogen-bond acceptors (Lipinski definition) is 6. The van der Waals surface area contributed by atoms with Gasteiger partial charge in [0.25, 0.3) is 0 Å². The fraction of sp³-hybridized carbons (Fsp3) is 0.672. The normalized spacial score (nSPS) is 12.9. The van der Waals surface area contributed by atoms with E-state index in [2.05, 4.69) is 45.1 Å². The molecule has 0 fully saturated rings. The standard InChI is InChI=1S/C58H96O6/c1-4-7-10-13-16-19-21-23-25-27-29-31-32-34-36-39-42-45-48-51-57(60)63-54-55(53-62-56(59)50-47-44-41-38-18-15-12-9-6-3)64-58(61)52-49-46-43-40-37-35-33-30-28-26-24-22-20-17-14-11-8-5-2/h7,10,13,16,19,21,23,25,27,29,31-32,34,36,38,41,55H,4-6,8-9,11-12,14-15,17-18,20,22,24,26,28,30,33,35,37,39-40,42-54H2,1-3H3/b10-7-,16-13-,21-19-,25-23-,29-27+,32-31-,36-34-,41-38-. The van der Waals surface area contributed by atoms with Crippen LogP contribution in [0.3, 0.4) is 0 Å². The van der Waals surface area contributed by atoms with E-state index < -0.39 is 6.10 Å². The van der Waals surface area contributed by atoms with Crippen LogP contribution in [-0.2, 0) is 28.6 Å². The number of ether oxygens (including phenoxy) is 3. The lowest BCUT2D eigenvalue weighted by Gasteiger charge is -2.18. The topological polar surface area (TPSA) is 78.9 Å². The summed E-state index contributed by atoms with van der Waals surface area (Å²) < 4.78 is 16.7. The van der Waals surface area contributed by atoms with Gasteiger partial charge in [-0.05, 0) is 57.8 Å². The number of esters is 3. The Kier molecular flexibility index (Phi) is 49.0. The van der Waals surface area contributed by atoms with Crippen LogP contribution in [0, 0.1) is 0 Å². The highest BCUT2D eigenvalue weighted by molar-refractivity contribution is 5.71. The van der Waals surface area contributed by atoms with Gasteiger partial charge in [-0.1, -0.05) is 253 Å². The minimum Gasteiger partial charge on any atom is -0.462 e. The summed E-state index contributed by atoms with van der Waals surface area (Å²) in [7, 11) is 0. The van der Waals surface area contributed by atoms with Crippen molar-refractivity contribution in [3.05, 3.63) is 97.2 Å². The molecule has 0 aromatic carbocycles. The molecule has 6 heteroatoms. The van der Waals surface area contributed by atoms with Crippen molar-refractivity contribution in [2.75, 3.05) is 13.2 Å². The number of unbranched alkanes of at least 4 members (excludes halogenated alkanes) is 25. The highest BCUT2D eigenvalue weighted by atomic mass is 16.6. The molecule has 0 amide bonds. The van der Waals surface area contributed by atoms with Gasteiger partial charge in [0.1, 0.15) is 13.2 Å². The Morgan fingerprint density at radius 1 is 0.328 bits per heavy atom. The zero-order chi connectivity index (χ0) is 46.5. The average Bonchev–Trinajstić information content (AvgIpc) is 3.29. The Bertz CT molecular complexity index is 1300. The van der Waals surface area contributed by atoms with Crippen molar-refractivity contribution in [1.82, 2.24) is 0 Å².